The lowest BCUT2D eigenvalue weighted by Crippen LogP contribution is -2.43. The topological polar surface area (TPSA) is 71.2 Å². The fourth-order valence-electron chi connectivity index (χ4n) is 2.89. The number of rotatable bonds is 5. The minimum atomic E-state index is -0.432. The molecule has 0 atom stereocenters. The summed E-state index contributed by atoms with van der Waals surface area (Å²) in [5.74, 6) is 0.0978. The lowest BCUT2D eigenvalue weighted by atomic mass is 10.0. The zero-order valence-corrected chi connectivity index (χ0v) is 14.6. The Bertz CT molecular complexity index is 746. The quantitative estimate of drug-likeness (QED) is 0.613. The van der Waals surface area contributed by atoms with E-state index in [1.54, 1.807) is 0 Å². The Morgan fingerprint density at radius 1 is 1.28 bits per heavy atom. The molecule has 1 saturated heterocycles. The van der Waals surface area contributed by atoms with E-state index in [9.17, 15) is 4.79 Å². The van der Waals surface area contributed by atoms with Crippen LogP contribution >= 0.6 is 0 Å². The van der Waals surface area contributed by atoms with E-state index in [1.807, 2.05) is 36.2 Å². The fraction of sp³-hybridized carbons (Fsp3) is 0.389. The zero-order valence-electron chi connectivity index (χ0n) is 14.6. The van der Waals surface area contributed by atoms with Crippen LogP contribution in [0.25, 0.3) is 11.3 Å². The van der Waals surface area contributed by atoms with Gasteiger partial charge in [-0.05, 0) is 6.92 Å². The number of piperazine rings is 1. The highest BCUT2D eigenvalue weighted by atomic mass is 16.5. The van der Waals surface area contributed by atoms with Crippen LogP contribution in [0.4, 0.5) is 0 Å². The maximum atomic E-state index is 12.3. The van der Waals surface area contributed by atoms with Crippen LogP contribution < -0.4 is 0 Å². The summed E-state index contributed by atoms with van der Waals surface area (Å²) in [5, 5.41) is 10.0. The van der Waals surface area contributed by atoms with E-state index in [0.717, 1.165) is 37.3 Å². The van der Waals surface area contributed by atoms with Crippen molar-refractivity contribution in [1.82, 2.24) is 15.1 Å². The zero-order chi connectivity index (χ0) is 17.8. The van der Waals surface area contributed by atoms with Crippen molar-refractivity contribution in [2.45, 2.75) is 13.5 Å². The monoisotopic (exact) mass is 342 g/mol. The standard InChI is InChI=1S/C18H22N4O3/c1-13-4-6-14(7-5-13)17-16(18(23)24-3)15(25-20-17)12-21-8-10-22(19-2)11-9-21/h4-7H,2,8-12H2,1,3H3. The molecule has 1 aliphatic rings. The molecule has 0 unspecified atom stereocenters. The molecule has 1 aromatic carbocycles. The molecule has 2 aromatic rings. The lowest BCUT2D eigenvalue weighted by Gasteiger charge is -2.32. The van der Waals surface area contributed by atoms with Crippen LogP contribution in [0.15, 0.2) is 33.9 Å². The van der Waals surface area contributed by atoms with Crippen LogP contribution in [-0.4, -0.2) is 61.0 Å². The summed E-state index contributed by atoms with van der Waals surface area (Å²) in [6.07, 6.45) is 0. The van der Waals surface area contributed by atoms with Crippen LogP contribution in [0, 0.1) is 6.92 Å². The van der Waals surface area contributed by atoms with Crippen molar-refractivity contribution in [3.8, 4) is 11.3 Å². The van der Waals surface area contributed by atoms with E-state index in [2.05, 4.69) is 21.9 Å². The molecule has 1 aromatic heterocycles. The number of aryl methyl sites for hydroxylation is 1. The first-order valence-corrected chi connectivity index (χ1v) is 8.20. The molecular formula is C18H22N4O3. The van der Waals surface area contributed by atoms with Gasteiger partial charge in [-0.2, -0.15) is 5.10 Å². The largest absolute Gasteiger partial charge is 0.465 e. The molecule has 132 valence electrons. The van der Waals surface area contributed by atoms with Crippen molar-refractivity contribution in [3.63, 3.8) is 0 Å². The number of nitrogens with zero attached hydrogens (tertiary/aromatic N) is 4. The van der Waals surface area contributed by atoms with Gasteiger partial charge >= 0.3 is 5.97 Å². The molecule has 0 radical (unpaired) electrons. The number of benzene rings is 1. The third-order valence-corrected chi connectivity index (χ3v) is 4.39. The normalized spacial score (nSPS) is 15.2. The molecule has 2 heterocycles. The number of aromatic nitrogens is 1. The van der Waals surface area contributed by atoms with Gasteiger partial charge in [0, 0.05) is 38.5 Å². The fourth-order valence-corrected chi connectivity index (χ4v) is 2.89. The minimum absolute atomic E-state index is 0.399. The van der Waals surface area contributed by atoms with Gasteiger partial charge < -0.3 is 9.26 Å². The summed E-state index contributed by atoms with van der Waals surface area (Å²) in [5.41, 5.74) is 2.89. The molecule has 0 saturated carbocycles. The molecule has 25 heavy (non-hydrogen) atoms. The number of hydrogen-bond acceptors (Lipinski definition) is 7. The Labute approximate surface area is 146 Å². The highest BCUT2D eigenvalue weighted by Gasteiger charge is 2.27. The molecule has 0 aliphatic carbocycles. The van der Waals surface area contributed by atoms with E-state index in [1.165, 1.54) is 7.11 Å². The molecule has 0 N–H and O–H groups in total. The average molecular weight is 342 g/mol. The summed E-state index contributed by atoms with van der Waals surface area (Å²) in [4.78, 5) is 14.5. The van der Waals surface area contributed by atoms with Crippen molar-refractivity contribution in [2.24, 2.45) is 5.10 Å². The average Bonchev–Trinajstić information content (AvgIpc) is 3.06. The van der Waals surface area contributed by atoms with Crippen molar-refractivity contribution >= 4 is 12.7 Å². The molecule has 0 amide bonds. The predicted molar refractivity (Wildman–Crippen MR) is 94.4 cm³/mol. The number of hydrogen-bond donors (Lipinski definition) is 0. The smallest absolute Gasteiger partial charge is 0.343 e. The molecule has 0 bridgehead atoms. The SMILES string of the molecule is C=NN1CCN(Cc2onc(-c3ccc(C)cc3)c2C(=O)OC)CC1. The highest BCUT2D eigenvalue weighted by Crippen LogP contribution is 2.27. The summed E-state index contributed by atoms with van der Waals surface area (Å²) in [6, 6.07) is 7.81. The maximum Gasteiger partial charge on any atom is 0.343 e. The maximum absolute atomic E-state index is 12.3. The third kappa shape index (κ3) is 3.71. The Hall–Kier alpha value is -2.67. The van der Waals surface area contributed by atoms with Crippen molar-refractivity contribution in [3.05, 3.63) is 41.2 Å². The van der Waals surface area contributed by atoms with Gasteiger partial charge in [-0.1, -0.05) is 35.0 Å². The summed E-state index contributed by atoms with van der Waals surface area (Å²) >= 11 is 0. The number of esters is 1. The predicted octanol–water partition coefficient (Wildman–Crippen LogP) is 2.17. The number of methoxy groups -OCH3 is 1. The van der Waals surface area contributed by atoms with Crippen LogP contribution in [0.2, 0.25) is 0 Å². The number of hydrazone groups is 1. The second-order valence-electron chi connectivity index (χ2n) is 6.06. The third-order valence-electron chi connectivity index (χ3n) is 4.39. The first-order valence-electron chi connectivity index (χ1n) is 8.20. The second-order valence-corrected chi connectivity index (χ2v) is 6.06. The molecule has 7 heteroatoms. The van der Waals surface area contributed by atoms with E-state index in [4.69, 9.17) is 9.26 Å². The van der Waals surface area contributed by atoms with Gasteiger partial charge in [-0.15, -0.1) is 0 Å². The summed E-state index contributed by atoms with van der Waals surface area (Å²) in [7, 11) is 1.37. The first kappa shape index (κ1) is 17.2. The van der Waals surface area contributed by atoms with E-state index in [0.29, 0.717) is 23.6 Å². The van der Waals surface area contributed by atoms with E-state index in [-0.39, 0.29) is 0 Å². The molecule has 7 nitrogen and oxygen atoms in total. The van der Waals surface area contributed by atoms with Crippen LogP contribution in [0.3, 0.4) is 0 Å². The van der Waals surface area contributed by atoms with Gasteiger partial charge in [0.25, 0.3) is 0 Å². The van der Waals surface area contributed by atoms with Crippen LogP contribution in [-0.2, 0) is 11.3 Å². The molecule has 1 aliphatic heterocycles. The van der Waals surface area contributed by atoms with Crippen molar-refractivity contribution < 1.29 is 14.1 Å². The van der Waals surface area contributed by atoms with Gasteiger partial charge in [0.15, 0.2) is 5.76 Å². The molecule has 0 spiro atoms. The molecular weight excluding hydrogens is 320 g/mol. The van der Waals surface area contributed by atoms with Gasteiger partial charge in [0.2, 0.25) is 0 Å². The number of carbonyl (C=O) groups is 1. The summed E-state index contributed by atoms with van der Waals surface area (Å²) < 4.78 is 10.5. The van der Waals surface area contributed by atoms with Crippen molar-refractivity contribution in [1.29, 1.82) is 0 Å². The van der Waals surface area contributed by atoms with E-state index >= 15 is 0 Å². The Morgan fingerprint density at radius 3 is 2.56 bits per heavy atom. The van der Waals surface area contributed by atoms with Crippen molar-refractivity contribution in [2.75, 3.05) is 33.3 Å². The van der Waals surface area contributed by atoms with Gasteiger partial charge in [-0.25, -0.2) is 4.79 Å². The van der Waals surface area contributed by atoms with Gasteiger partial charge in [0.05, 0.1) is 13.7 Å². The van der Waals surface area contributed by atoms with E-state index < -0.39 is 5.97 Å². The Balaban J connectivity index is 1.86. The Morgan fingerprint density at radius 2 is 1.96 bits per heavy atom. The molecule has 1 fully saturated rings. The minimum Gasteiger partial charge on any atom is -0.465 e. The summed E-state index contributed by atoms with van der Waals surface area (Å²) in [6.45, 7) is 9.31. The van der Waals surface area contributed by atoms with Gasteiger partial charge in [0.1, 0.15) is 11.3 Å². The Kier molecular flexibility index (Phi) is 5.14. The highest BCUT2D eigenvalue weighted by molar-refractivity contribution is 5.97. The van der Waals surface area contributed by atoms with Gasteiger partial charge in [-0.3, -0.25) is 9.91 Å². The lowest BCUT2D eigenvalue weighted by molar-refractivity contribution is 0.0594. The number of ether oxygens (including phenoxy) is 1. The van der Waals surface area contributed by atoms with Crippen LogP contribution in [0.1, 0.15) is 21.7 Å². The first-order chi connectivity index (χ1) is 12.1. The van der Waals surface area contributed by atoms with Crippen LogP contribution in [0.5, 0.6) is 0 Å². The number of carbonyl (C=O) groups excluding carboxylic acids is 1. The molecule has 3 rings (SSSR count). The second kappa shape index (κ2) is 7.48.